The van der Waals surface area contributed by atoms with Gasteiger partial charge < -0.3 is 5.11 Å². The number of benzene rings is 2. The monoisotopic (exact) mass is 288 g/mol. The second-order valence-electron chi connectivity index (χ2n) is 4.17. The lowest BCUT2D eigenvalue weighted by Crippen LogP contribution is -2.44. The number of aliphatic hydroxyl groups is 1. The van der Waals surface area contributed by atoms with Gasteiger partial charge in [0.25, 0.3) is 0 Å². The van der Waals surface area contributed by atoms with Crippen molar-refractivity contribution >= 4 is 0 Å². The molecule has 2 aromatic carbocycles. The minimum Gasteiger partial charge on any atom is -0.372 e. The van der Waals surface area contributed by atoms with Gasteiger partial charge in [0.1, 0.15) is 11.6 Å². The summed E-state index contributed by atoms with van der Waals surface area (Å²) >= 11 is 0. The van der Waals surface area contributed by atoms with Gasteiger partial charge >= 0.3 is 6.18 Å². The van der Waals surface area contributed by atoms with Crippen molar-refractivity contribution in [1.29, 1.82) is 0 Å². The molecule has 1 nitrogen and oxygen atoms in total. The summed E-state index contributed by atoms with van der Waals surface area (Å²) in [7, 11) is 0. The van der Waals surface area contributed by atoms with E-state index in [2.05, 4.69) is 0 Å². The maximum atomic E-state index is 13.7. The maximum Gasteiger partial charge on any atom is 0.425 e. The predicted octanol–water partition coefficient (Wildman–Crippen LogP) is 3.76. The first-order valence-electron chi connectivity index (χ1n) is 5.57. The quantitative estimate of drug-likeness (QED) is 0.834. The van der Waals surface area contributed by atoms with Gasteiger partial charge in [-0.25, -0.2) is 8.78 Å². The van der Waals surface area contributed by atoms with E-state index in [0.29, 0.717) is 0 Å². The predicted molar refractivity (Wildman–Crippen MR) is 61.9 cm³/mol. The fraction of sp³-hybridized carbons (Fsp3) is 0.143. The van der Waals surface area contributed by atoms with Gasteiger partial charge in [0, 0.05) is 11.1 Å². The summed E-state index contributed by atoms with van der Waals surface area (Å²) in [5.74, 6) is -2.54. The Labute approximate surface area is 111 Å². The topological polar surface area (TPSA) is 20.2 Å². The highest BCUT2D eigenvalue weighted by molar-refractivity contribution is 5.39. The van der Waals surface area contributed by atoms with Crippen LogP contribution in [0.3, 0.4) is 0 Å². The highest BCUT2D eigenvalue weighted by Gasteiger charge is 2.58. The average Bonchev–Trinajstić information content (AvgIpc) is 2.37. The van der Waals surface area contributed by atoms with E-state index in [1.807, 2.05) is 0 Å². The highest BCUT2D eigenvalue weighted by Crippen LogP contribution is 2.45. The lowest BCUT2D eigenvalue weighted by molar-refractivity contribution is -0.250. The second kappa shape index (κ2) is 4.86. The average molecular weight is 288 g/mol. The number of alkyl halides is 3. The molecule has 0 aliphatic rings. The second-order valence-corrected chi connectivity index (χ2v) is 4.17. The summed E-state index contributed by atoms with van der Waals surface area (Å²) in [6.07, 6.45) is -5.28. The van der Waals surface area contributed by atoms with Crippen LogP contribution in [0.1, 0.15) is 11.1 Å². The van der Waals surface area contributed by atoms with E-state index in [4.69, 9.17) is 0 Å². The molecule has 0 saturated carbocycles. The molecule has 0 atom stereocenters. The fourth-order valence-electron chi connectivity index (χ4n) is 1.96. The van der Waals surface area contributed by atoms with Crippen LogP contribution in [0, 0.1) is 11.6 Å². The molecule has 2 aromatic rings. The van der Waals surface area contributed by atoms with Crippen molar-refractivity contribution in [2.75, 3.05) is 0 Å². The van der Waals surface area contributed by atoms with Crippen molar-refractivity contribution in [3.63, 3.8) is 0 Å². The first-order chi connectivity index (χ1) is 9.28. The SMILES string of the molecule is OC(c1ccccc1F)(c1ccccc1F)C(F)(F)F. The molecule has 0 aromatic heterocycles. The largest absolute Gasteiger partial charge is 0.425 e. The summed E-state index contributed by atoms with van der Waals surface area (Å²) in [5.41, 5.74) is -5.83. The molecule has 20 heavy (non-hydrogen) atoms. The molecule has 0 radical (unpaired) electrons. The molecule has 0 amide bonds. The standard InChI is InChI=1S/C14H9F5O/c15-11-7-3-1-5-9(11)13(20,14(17,18)19)10-6-2-4-8-12(10)16/h1-8,20H. The van der Waals surface area contributed by atoms with Crippen LogP contribution in [0.15, 0.2) is 48.5 Å². The van der Waals surface area contributed by atoms with Gasteiger partial charge in [0.2, 0.25) is 5.60 Å². The number of halogens is 5. The van der Waals surface area contributed by atoms with E-state index in [9.17, 15) is 27.1 Å². The van der Waals surface area contributed by atoms with Crippen LogP contribution < -0.4 is 0 Å². The summed E-state index contributed by atoms with van der Waals surface area (Å²) in [4.78, 5) is 0. The third kappa shape index (κ3) is 2.16. The van der Waals surface area contributed by atoms with E-state index in [1.165, 1.54) is 12.1 Å². The molecule has 106 valence electrons. The first kappa shape index (κ1) is 14.5. The molecule has 0 unspecified atom stereocenters. The van der Waals surface area contributed by atoms with Crippen LogP contribution >= 0.6 is 0 Å². The van der Waals surface area contributed by atoms with Gasteiger partial charge in [-0.15, -0.1) is 0 Å². The Balaban J connectivity index is 2.78. The van der Waals surface area contributed by atoms with Crippen LogP contribution in [0.25, 0.3) is 0 Å². The molecule has 0 bridgehead atoms. The zero-order chi connectivity index (χ0) is 15.0. The summed E-state index contributed by atoms with van der Waals surface area (Å²) in [6, 6.07) is 7.71. The van der Waals surface area contributed by atoms with Crippen LogP contribution in [-0.4, -0.2) is 11.3 Å². The Kier molecular flexibility index (Phi) is 3.52. The Bertz CT molecular complexity index is 575. The van der Waals surface area contributed by atoms with Gasteiger partial charge in [-0.2, -0.15) is 13.2 Å². The molecule has 1 N–H and O–H groups in total. The Morgan fingerprint density at radius 3 is 1.35 bits per heavy atom. The molecule has 2 rings (SSSR count). The lowest BCUT2D eigenvalue weighted by Gasteiger charge is -2.31. The van der Waals surface area contributed by atoms with Crippen molar-refractivity contribution < 1.29 is 27.1 Å². The molecule has 0 saturated heterocycles. The zero-order valence-electron chi connectivity index (χ0n) is 9.96. The van der Waals surface area contributed by atoms with Crippen LogP contribution in [0.2, 0.25) is 0 Å². The van der Waals surface area contributed by atoms with E-state index >= 15 is 0 Å². The van der Waals surface area contributed by atoms with Gasteiger partial charge in [-0.3, -0.25) is 0 Å². The van der Waals surface area contributed by atoms with Crippen molar-refractivity contribution in [2.45, 2.75) is 11.8 Å². The summed E-state index contributed by atoms with van der Waals surface area (Å²) in [6.45, 7) is 0. The normalized spacial score (nSPS) is 12.5. The van der Waals surface area contributed by atoms with Gasteiger partial charge in [-0.1, -0.05) is 36.4 Å². The fourth-order valence-corrected chi connectivity index (χ4v) is 1.96. The molecule has 0 aliphatic heterocycles. The van der Waals surface area contributed by atoms with Crippen molar-refractivity contribution in [2.24, 2.45) is 0 Å². The Morgan fingerprint density at radius 1 is 0.700 bits per heavy atom. The van der Waals surface area contributed by atoms with Gasteiger partial charge in [0.15, 0.2) is 0 Å². The Hall–Kier alpha value is -1.95. The molecule has 0 spiro atoms. The molecule has 0 aliphatic carbocycles. The third-order valence-corrected chi connectivity index (χ3v) is 2.94. The minimum atomic E-state index is -5.28. The number of hydrogen-bond donors (Lipinski definition) is 1. The van der Waals surface area contributed by atoms with E-state index in [-0.39, 0.29) is 0 Å². The number of rotatable bonds is 2. The van der Waals surface area contributed by atoms with E-state index < -0.39 is 34.5 Å². The van der Waals surface area contributed by atoms with Crippen molar-refractivity contribution in [3.8, 4) is 0 Å². The summed E-state index contributed by atoms with van der Waals surface area (Å²) in [5, 5.41) is 10.0. The molecule has 6 heteroatoms. The van der Waals surface area contributed by atoms with Crippen molar-refractivity contribution in [1.82, 2.24) is 0 Å². The lowest BCUT2D eigenvalue weighted by atomic mass is 9.85. The van der Waals surface area contributed by atoms with Gasteiger partial charge in [-0.05, 0) is 12.1 Å². The first-order valence-corrected chi connectivity index (χ1v) is 5.57. The highest BCUT2D eigenvalue weighted by atomic mass is 19.4. The van der Waals surface area contributed by atoms with Crippen LogP contribution in [-0.2, 0) is 5.60 Å². The summed E-state index contributed by atoms with van der Waals surface area (Å²) < 4.78 is 67.1. The van der Waals surface area contributed by atoms with Crippen LogP contribution in [0.5, 0.6) is 0 Å². The molecular formula is C14H9F5O. The van der Waals surface area contributed by atoms with E-state index in [1.54, 1.807) is 0 Å². The molecular weight excluding hydrogens is 279 g/mol. The maximum absolute atomic E-state index is 13.7. The third-order valence-electron chi connectivity index (χ3n) is 2.94. The zero-order valence-corrected chi connectivity index (χ0v) is 9.96. The molecule has 0 heterocycles. The molecule has 0 fully saturated rings. The van der Waals surface area contributed by atoms with E-state index in [0.717, 1.165) is 36.4 Å². The number of hydrogen-bond acceptors (Lipinski definition) is 1. The minimum absolute atomic E-state index is 0.771. The smallest absolute Gasteiger partial charge is 0.372 e. The van der Waals surface area contributed by atoms with Crippen molar-refractivity contribution in [3.05, 3.63) is 71.3 Å². The van der Waals surface area contributed by atoms with Crippen LogP contribution in [0.4, 0.5) is 22.0 Å². The Morgan fingerprint density at radius 2 is 1.05 bits per heavy atom. The van der Waals surface area contributed by atoms with Gasteiger partial charge in [0.05, 0.1) is 0 Å².